The Morgan fingerprint density at radius 1 is 1.03 bits per heavy atom. The molecule has 0 spiro atoms. The fraction of sp³-hybridized carbons (Fsp3) is 0.524. The van der Waals surface area contributed by atoms with E-state index >= 15 is 0 Å². The van der Waals surface area contributed by atoms with Crippen LogP contribution in [0.3, 0.4) is 0 Å². The van der Waals surface area contributed by atoms with Gasteiger partial charge in [0.1, 0.15) is 11.5 Å². The highest BCUT2D eigenvalue weighted by Crippen LogP contribution is 2.38. The van der Waals surface area contributed by atoms with Gasteiger partial charge in [-0.15, -0.1) is 0 Å². The number of urea groups is 1. The van der Waals surface area contributed by atoms with E-state index in [-0.39, 0.29) is 11.9 Å². The molecule has 1 saturated heterocycles. The third-order valence-corrected chi connectivity index (χ3v) is 6.03. The van der Waals surface area contributed by atoms with Crippen molar-refractivity contribution in [3.8, 4) is 11.5 Å². The largest absolute Gasteiger partial charge is 0.497 e. The van der Waals surface area contributed by atoms with E-state index in [1.807, 2.05) is 17.0 Å². The lowest BCUT2D eigenvalue weighted by atomic mass is 9.95. The van der Waals surface area contributed by atoms with Gasteiger partial charge in [-0.2, -0.15) is 0 Å². The third kappa shape index (κ3) is 3.64. The zero-order valence-electron chi connectivity index (χ0n) is 17.2. The van der Waals surface area contributed by atoms with Gasteiger partial charge < -0.3 is 24.6 Å². The van der Waals surface area contributed by atoms with Gasteiger partial charge in [0, 0.05) is 26.2 Å². The smallest absolute Gasteiger partial charge is 0.322 e. The summed E-state index contributed by atoms with van der Waals surface area (Å²) in [7, 11) is 4.87. The Bertz CT molecular complexity index is 825. The summed E-state index contributed by atoms with van der Waals surface area (Å²) in [6.07, 6.45) is 2.45. The standard InChI is InChI=1S/C21H28N4O4/c1-23-17-13-25(9-8-24-6-4-5-7-24)20(26)18(17)19(22-21(23)27)14-10-15(28-2)12-16(11-14)29-3/h10-12,19H,4-9,13H2,1-3H3,(H,22,27)/t19-/m1/s1. The maximum atomic E-state index is 13.3. The first-order valence-corrected chi connectivity index (χ1v) is 10.0. The molecule has 1 fully saturated rings. The maximum absolute atomic E-state index is 13.3. The summed E-state index contributed by atoms with van der Waals surface area (Å²) in [5, 5.41) is 2.96. The number of carbonyl (C=O) groups is 2. The predicted octanol–water partition coefficient (Wildman–Crippen LogP) is 1.59. The van der Waals surface area contributed by atoms with Crippen molar-refractivity contribution in [3.63, 3.8) is 0 Å². The summed E-state index contributed by atoms with van der Waals surface area (Å²) in [4.78, 5) is 31.7. The quantitative estimate of drug-likeness (QED) is 0.785. The van der Waals surface area contributed by atoms with Gasteiger partial charge in [0.2, 0.25) is 0 Å². The number of likely N-dealkylation sites (N-methyl/N-ethyl adjacent to an activating group) is 1. The van der Waals surface area contributed by atoms with Crippen molar-refractivity contribution < 1.29 is 19.1 Å². The highest BCUT2D eigenvalue weighted by atomic mass is 16.5. The van der Waals surface area contributed by atoms with Crippen molar-refractivity contribution in [1.29, 1.82) is 0 Å². The molecule has 4 rings (SSSR count). The number of ether oxygens (including phenoxy) is 2. The topological polar surface area (TPSA) is 74.3 Å². The molecule has 8 heteroatoms. The van der Waals surface area contributed by atoms with E-state index in [2.05, 4.69) is 10.2 Å². The normalized spacial score (nSPS) is 22.2. The SMILES string of the molecule is COc1cc(OC)cc([C@H]2NC(=O)N(C)C3=C2C(=O)N(CCN2CCCC2)C3)c1. The van der Waals surface area contributed by atoms with Crippen LogP contribution in [0.4, 0.5) is 4.79 Å². The van der Waals surface area contributed by atoms with E-state index in [4.69, 9.17) is 9.47 Å². The highest BCUT2D eigenvalue weighted by molar-refractivity contribution is 6.01. The summed E-state index contributed by atoms with van der Waals surface area (Å²) in [5.41, 5.74) is 2.17. The van der Waals surface area contributed by atoms with Crippen LogP contribution in [0.25, 0.3) is 0 Å². The number of hydrogen-bond acceptors (Lipinski definition) is 5. The third-order valence-electron chi connectivity index (χ3n) is 6.03. The molecule has 0 bridgehead atoms. The van der Waals surface area contributed by atoms with Crippen LogP contribution in [-0.4, -0.2) is 80.6 Å². The van der Waals surface area contributed by atoms with Crippen LogP contribution >= 0.6 is 0 Å². The molecule has 3 amide bonds. The Morgan fingerprint density at radius 2 is 1.69 bits per heavy atom. The van der Waals surface area contributed by atoms with E-state index in [1.165, 1.54) is 12.8 Å². The first-order chi connectivity index (χ1) is 14.0. The van der Waals surface area contributed by atoms with Crippen molar-refractivity contribution in [2.24, 2.45) is 0 Å². The number of amides is 3. The van der Waals surface area contributed by atoms with Crippen LogP contribution in [0, 0.1) is 0 Å². The van der Waals surface area contributed by atoms with Crippen LogP contribution in [-0.2, 0) is 4.79 Å². The number of likely N-dealkylation sites (tertiary alicyclic amines) is 1. The van der Waals surface area contributed by atoms with Crippen molar-refractivity contribution in [1.82, 2.24) is 20.0 Å². The Morgan fingerprint density at radius 3 is 2.31 bits per heavy atom. The van der Waals surface area contributed by atoms with E-state index in [0.29, 0.717) is 30.2 Å². The summed E-state index contributed by atoms with van der Waals surface area (Å²) in [6, 6.07) is 4.70. The van der Waals surface area contributed by atoms with Crippen molar-refractivity contribution in [2.45, 2.75) is 18.9 Å². The van der Waals surface area contributed by atoms with Crippen LogP contribution < -0.4 is 14.8 Å². The van der Waals surface area contributed by atoms with E-state index in [9.17, 15) is 9.59 Å². The molecular weight excluding hydrogens is 372 g/mol. The zero-order chi connectivity index (χ0) is 20.5. The first kappa shape index (κ1) is 19.6. The van der Waals surface area contributed by atoms with Gasteiger partial charge in [0.25, 0.3) is 5.91 Å². The number of nitrogens with zero attached hydrogens (tertiary/aromatic N) is 3. The average molecular weight is 400 g/mol. The minimum atomic E-state index is -0.526. The fourth-order valence-electron chi connectivity index (χ4n) is 4.32. The minimum absolute atomic E-state index is 0.0159. The molecule has 29 heavy (non-hydrogen) atoms. The summed E-state index contributed by atoms with van der Waals surface area (Å²) < 4.78 is 10.7. The molecule has 0 unspecified atom stereocenters. The summed E-state index contributed by atoms with van der Waals surface area (Å²) >= 11 is 0. The number of carbonyl (C=O) groups excluding carboxylic acids is 2. The molecule has 0 radical (unpaired) electrons. The molecule has 3 aliphatic heterocycles. The van der Waals surface area contributed by atoms with Crippen LogP contribution in [0.5, 0.6) is 11.5 Å². The molecule has 0 aromatic heterocycles. The molecule has 1 aromatic rings. The summed E-state index contributed by atoms with van der Waals surface area (Å²) in [5.74, 6) is 1.22. The van der Waals surface area contributed by atoms with Gasteiger partial charge in [-0.1, -0.05) is 0 Å². The van der Waals surface area contributed by atoms with Crippen molar-refractivity contribution >= 4 is 11.9 Å². The number of rotatable bonds is 6. The molecule has 1 atom stereocenters. The zero-order valence-corrected chi connectivity index (χ0v) is 17.2. The Balaban J connectivity index is 1.62. The lowest BCUT2D eigenvalue weighted by Gasteiger charge is -2.31. The Hall–Kier alpha value is -2.74. The van der Waals surface area contributed by atoms with Gasteiger partial charge in [-0.25, -0.2) is 4.79 Å². The van der Waals surface area contributed by atoms with Crippen molar-refractivity contribution in [2.75, 3.05) is 54.0 Å². The lowest BCUT2D eigenvalue weighted by molar-refractivity contribution is -0.126. The Kier molecular flexibility index (Phi) is 5.36. The van der Waals surface area contributed by atoms with E-state index < -0.39 is 6.04 Å². The number of hydrogen-bond donors (Lipinski definition) is 1. The average Bonchev–Trinajstić information content (AvgIpc) is 3.37. The first-order valence-electron chi connectivity index (χ1n) is 10.0. The molecule has 0 aliphatic carbocycles. The molecule has 1 aromatic carbocycles. The summed E-state index contributed by atoms with van der Waals surface area (Å²) in [6.45, 7) is 4.20. The lowest BCUT2D eigenvalue weighted by Crippen LogP contribution is -2.45. The van der Waals surface area contributed by atoms with Gasteiger partial charge in [0.05, 0.1) is 38.1 Å². The molecule has 1 N–H and O–H groups in total. The maximum Gasteiger partial charge on any atom is 0.322 e. The molecule has 3 heterocycles. The van der Waals surface area contributed by atoms with Gasteiger partial charge >= 0.3 is 6.03 Å². The second-order valence-corrected chi connectivity index (χ2v) is 7.72. The number of benzene rings is 1. The second-order valence-electron chi connectivity index (χ2n) is 7.72. The van der Waals surface area contributed by atoms with Crippen LogP contribution in [0.1, 0.15) is 24.4 Å². The molecule has 156 valence electrons. The minimum Gasteiger partial charge on any atom is -0.497 e. The molecule has 3 aliphatic rings. The molecule has 8 nitrogen and oxygen atoms in total. The van der Waals surface area contributed by atoms with E-state index in [1.54, 1.807) is 32.2 Å². The van der Waals surface area contributed by atoms with E-state index in [0.717, 1.165) is 30.9 Å². The predicted molar refractivity (Wildman–Crippen MR) is 108 cm³/mol. The van der Waals surface area contributed by atoms with Gasteiger partial charge in [-0.3, -0.25) is 9.69 Å². The van der Waals surface area contributed by atoms with Crippen LogP contribution in [0.2, 0.25) is 0 Å². The van der Waals surface area contributed by atoms with Crippen molar-refractivity contribution in [3.05, 3.63) is 35.0 Å². The number of methoxy groups -OCH3 is 2. The monoisotopic (exact) mass is 400 g/mol. The molecule has 0 saturated carbocycles. The molecular formula is C21H28N4O4. The van der Waals surface area contributed by atoms with Crippen LogP contribution in [0.15, 0.2) is 29.5 Å². The fourth-order valence-corrected chi connectivity index (χ4v) is 4.32. The second kappa shape index (κ2) is 7.94. The van der Waals surface area contributed by atoms with Gasteiger partial charge in [-0.05, 0) is 43.6 Å². The highest BCUT2D eigenvalue weighted by Gasteiger charge is 2.43. The number of nitrogens with one attached hydrogen (secondary N) is 1. The Labute approximate surface area is 171 Å². The van der Waals surface area contributed by atoms with Gasteiger partial charge in [0.15, 0.2) is 0 Å².